The summed E-state index contributed by atoms with van der Waals surface area (Å²) in [7, 11) is 1.71. The first kappa shape index (κ1) is 18.1. The van der Waals surface area contributed by atoms with Gasteiger partial charge in [0.25, 0.3) is 5.56 Å². The molecule has 3 aromatic rings. The lowest BCUT2D eigenvalue weighted by Crippen LogP contribution is -2.27. The summed E-state index contributed by atoms with van der Waals surface area (Å²) in [5.74, 6) is 0.627. The van der Waals surface area contributed by atoms with E-state index in [2.05, 4.69) is 4.98 Å². The zero-order valence-electron chi connectivity index (χ0n) is 15.0. The maximum absolute atomic E-state index is 12.6. The van der Waals surface area contributed by atoms with E-state index < -0.39 is 0 Å². The van der Waals surface area contributed by atoms with Crippen LogP contribution in [0, 0.1) is 0 Å². The minimum atomic E-state index is -0.112. The van der Waals surface area contributed by atoms with Crippen LogP contribution < -0.4 is 5.56 Å². The summed E-state index contributed by atoms with van der Waals surface area (Å²) in [4.78, 5) is 30.5. The van der Waals surface area contributed by atoms with Crippen LogP contribution in [0.5, 0.6) is 0 Å². The highest BCUT2D eigenvalue weighted by Gasteiger charge is 2.11. The second-order valence-electron chi connectivity index (χ2n) is 6.19. The summed E-state index contributed by atoms with van der Waals surface area (Å²) >= 11 is 6.04. The van der Waals surface area contributed by atoms with Gasteiger partial charge in [-0.25, -0.2) is 4.98 Å². The van der Waals surface area contributed by atoms with E-state index in [1.807, 2.05) is 31.2 Å². The zero-order chi connectivity index (χ0) is 18.8. The second-order valence-corrected chi connectivity index (χ2v) is 6.63. The highest BCUT2D eigenvalue weighted by Crippen LogP contribution is 2.21. The smallest absolute Gasteiger partial charge is 0.261 e. The van der Waals surface area contributed by atoms with Crippen molar-refractivity contribution in [3.05, 3.63) is 63.4 Å². The number of carbonyl (C=O) groups is 1. The van der Waals surface area contributed by atoms with Crippen molar-refractivity contribution in [2.75, 3.05) is 6.54 Å². The Morgan fingerprint density at radius 2 is 1.88 bits per heavy atom. The van der Waals surface area contributed by atoms with E-state index >= 15 is 0 Å². The maximum atomic E-state index is 12.6. The number of rotatable bonds is 4. The topological polar surface area (TPSA) is 55.2 Å². The van der Waals surface area contributed by atoms with Crippen molar-refractivity contribution in [1.82, 2.24) is 14.5 Å². The average molecular weight is 370 g/mol. The molecule has 0 saturated carbocycles. The Kier molecular flexibility index (Phi) is 5.09. The molecule has 1 amide bonds. The van der Waals surface area contributed by atoms with Gasteiger partial charge in [-0.05, 0) is 30.7 Å². The van der Waals surface area contributed by atoms with E-state index in [0.717, 1.165) is 11.1 Å². The van der Waals surface area contributed by atoms with Crippen molar-refractivity contribution < 1.29 is 4.79 Å². The number of fused-ring (bicyclic) bond motifs is 1. The predicted octanol–water partition coefficient (Wildman–Crippen LogP) is 3.62. The quantitative estimate of drug-likeness (QED) is 0.705. The minimum absolute atomic E-state index is 0.0482. The Bertz CT molecular complexity index is 1030. The average Bonchev–Trinajstić information content (AvgIpc) is 2.63. The molecule has 0 aliphatic heterocycles. The number of halogens is 1. The molecule has 6 heteroatoms. The highest BCUT2D eigenvalue weighted by molar-refractivity contribution is 6.31. The van der Waals surface area contributed by atoms with E-state index in [-0.39, 0.29) is 11.5 Å². The summed E-state index contributed by atoms with van der Waals surface area (Å²) in [6.07, 6.45) is 0. The van der Waals surface area contributed by atoms with Gasteiger partial charge in [-0.1, -0.05) is 35.9 Å². The molecule has 2 aromatic carbocycles. The molecular weight excluding hydrogens is 350 g/mol. The fourth-order valence-electron chi connectivity index (χ4n) is 2.93. The molecule has 0 N–H and O–H groups in total. The fraction of sp³-hybridized carbons (Fsp3) is 0.250. The third-order valence-electron chi connectivity index (χ3n) is 4.45. The molecule has 1 heterocycles. The number of nitrogens with zero attached hydrogens (tertiary/aromatic N) is 3. The summed E-state index contributed by atoms with van der Waals surface area (Å²) < 4.78 is 1.54. The van der Waals surface area contributed by atoms with Crippen molar-refractivity contribution in [1.29, 1.82) is 0 Å². The Hall–Kier alpha value is -2.66. The van der Waals surface area contributed by atoms with Crippen molar-refractivity contribution in [2.24, 2.45) is 7.05 Å². The molecule has 0 radical (unpaired) electrons. The van der Waals surface area contributed by atoms with Crippen molar-refractivity contribution in [3.8, 4) is 11.4 Å². The van der Waals surface area contributed by atoms with Crippen LogP contribution in [0.1, 0.15) is 19.4 Å². The van der Waals surface area contributed by atoms with E-state index in [1.54, 1.807) is 41.6 Å². The van der Waals surface area contributed by atoms with Crippen LogP contribution in [-0.4, -0.2) is 26.9 Å². The van der Waals surface area contributed by atoms with Gasteiger partial charge in [-0.2, -0.15) is 0 Å². The number of hydrogen-bond donors (Lipinski definition) is 0. The lowest BCUT2D eigenvalue weighted by atomic mass is 10.1. The molecule has 0 aliphatic carbocycles. The van der Waals surface area contributed by atoms with Gasteiger partial charge >= 0.3 is 0 Å². The van der Waals surface area contributed by atoms with Gasteiger partial charge in [0, 0.05) is 37.6 Å². The highest BCUT2D eigenvalue weighted by atomic mass is 35.5. The van der Waals surface area contributed by atoms with Gasteiger partial charge in [0.05, 0.1) is 10.9 Å². The molecule has 5 nitrogen and oxygen atoms in total. The number of carbonyl (C=O) groups excluding carboxylic acids is 1. The Balaban J connectivity index is 2.00. The van der Waals surface area contributed by atoms with Gasteiger partial charge in [0.15, 0.2) is 0 Å². The van der Waals surface area contributed by atoms with Crippen molar-refractivity contribution in [2.45, 2.75) is 20.4 Å². The van der Waals surface area contributed by atoms with Crippen LogP contribution in [0.4, 0.5) is 0 Å². The number of benzene rings is 2. The maximum Gasteiger partial charge on any atom is 0.261 e. The first-order valence-electron chi connectivity index (χ1n) is 8.41. The number of hydrogen-bond acceptors (Lipinski definition) is 3. The number of aromatic nitrogens is 2. The molecule has 0 atom stereocenters. The normalized spacial score (nSPS) is 10.9. The summed E-state index contributed by atoms with van der Waals surface area (Å²) in [6.45, 7) is 4.75. The van der Waals surface area contributed by atoms with Crippen LogP contribution in [0.15, 0.2) is 47.3 Å². The third-order valence-corrected chi connectivity index (χ3v) is 4.69. The predicted molar refractivity (Wildman–Crippen MR) is 104 cm³/mol. The van der Waals surface area contributed by atoms with E-state index in [4.69, 9.17) is 11.6 Å². The summed E-state index contributed by atoms with van der Waals surface area (Å²) in [5.41, 5.74) is 2.33. The Morgan fingerprint density at radius 3 is 2.50 bits per heavy atom. The van der Waals surface area contributed by atoms with Gasteiger partial charge in [0.1, 0.15) is 5.82 Å². The van der Waals surface area contributed by atoms with E-state index in [9.17, 15) is 9.59 Å². The zero-order valence-corrected chi connectivity index (χ0v) is 15.7. The standard InChI is InChI=1S/C20H20ClN3O2/c1-4-24(13(2)25)12-14-5-7-15(8-6-14)19-22-18-11-16(21)9-10-17(18)20(26)23(19)3/h5-11H,4,12H2,1-3H3. The molecule has 0 spiro atoms. The van der Waals surface area contributed by atoms with Gasteiger partial charge in [-0.3, -0.25) is 14.2 Å². The lowest BCUT2D eigenvalue weighted by molar-refractivity contribution is -0.129. The van der Waals surface area contributed by atoms with Crippen LogP contribution in [0.2, 0.25) is 5.02 Å². The van der Waals surface area contributed by atoms with Gasteiger partial charge in [0.2, 0.25) is 5.91 Å². The SMILES string of the molecule is CCN(Cc1ccc(-c2nc3cc(Cl)ccc3c(=O)n2C)cc1)C(C)=O. The molecule has 1 aromatic heterocycles. The first-order valence-corrected chi connectivity index (χ1v) is 8.79. The first-order chi connectivity index (χ1) is 12.4. The molecule has 0 aliphatic rings. The van der Waals surface area contributed by atoms with Crippen molar-refractivity contribution >= 4 is 28.4 Å². The molecule has 0 unspecified atom stereocenters. The molecular formula is C20H20ClN3O2. The summed E-state index contributed by atoms with van der Waals surface area (Å²) in [6, 6.07) is 12.8. The second kappa shape index (κ2) is 7.30. The molecule has 0 fully saturated rings. The van der Waals surface area contributed by atoms with Crippen LogP contribution >= 0.6 is 11.6 Å². The fourth-order valence-corrected chi connectivity index (χ4v) is 3.09. The molecule has 134 valence electrons. The molecule has 0 bridgehead atoms. The molecule has 3 rings (SSSR count). The third kappa shape index (κ3) is 3.48. The Labute approximate surface area is 156 Å². The van der Waals surface area contributed by atoms with E-state index in [1.165, 1.54) is 0 Å². The molecule has 0 saturated heterocycles. The molecule has 26 heavy (non-hydrogen) atoms. The van der Waals surface area contributed by atoms with Crippen LogP contribution in [-0.2, 0) is 18.4 Å². The van der Waals surface area contributed by atoms with Crippen LogP contribution in [0.3, 0.4) is 0 Å². The van der Waals surface area contributed by atoms with Gasteiger partial charge < -0.3 is 4.90 Å². The Morgan fingerprint density at radius 1 is 1.19 bits per heavy atom. The largest absolute Gasteiger partial charge is 0.339 e. The van der Waals surface area contributed by atoms with Crippen LogP contribution in [0.25, 0.3) is 22.3 Å². The summed E-state index contributed by atoms with van der Waals surface area (Å²) in [5, 5.41) is 1.08. The minimum Gasteiger partial charge on any atom is -0.339 e. The van der Waals surface area contributed by atoms with Gasteiger partial charge in [-0.15, -0.1) is 0 Å². The lowest BCUT2D eigenvalue weighted by Gasteiger charge is -2.19. The van der Waals surface area contributed by atoms with E-state index in [0.29, 0.717) is 34.8 Å². The monoisotopic (exact) mass is 369 g/mol. The number of amides is 1. The van der Waals surface area contributed by atoms with Crippen molar-refractivity contribution in [3.63, 3.8) is 0 Å².